The Labute approximate surface area is 171 Å². The predicted molar refractivity (Wildman–Crippen MR) is 110 cm³/mol. The molecule has 2 aromatic rings. The molecule has 1 aromatic heterocycles. The van der Waals surface area contributed by atoms with E-state index in [0.717, 1.165) is 34.3 Å². The molecule has 1 aliphatic rings. The monoisotopic (exact) mass is 450 g/mol. The molecule has 0 bridgehead atoms. The molecular weight excluding hydrogens is 428 g/mol. The minimum absolute atomic E-state index is 0.158. The second kappa shape index (κ2) is 8.97. The SMILES string of the molecule is CCOC(=O)C1(NC(=O)Cc2csc(-c3cccc(Br)c3)n2)CCCCC1. The molecule has 3 rings (SSSR count). The Balaban J connectivity index is 1.68. The number of hydrogen-bond donors (Lipinski definition) is 1. The van der Waals surface area contributed by atoms with Gasteiger partial charge in [-0.1, -0.05) is 47.3 Å². The smallest absolute Gasteiger partial charge is 0.331 e. The molecule has 0 aliphatic heterocycles. The Kier molecular flexibility index (Phi) is 6.65. The molecule has 0 radical (unpaired) electrons. The van der Waals surface area contributed by atoms with Gasteiger partial charge in [0.1, 0.15) is 10.5 Å². The first kappa shape index (κ1) is 20.0. The second-order valence-electron chi connectivity index (χ2n) is 6.74. The van der Waals surface area contributed by atoms with E-state index in [9.17, 15) is 9.59 Å². The Bertz CT molecular complexity index is 815. The second-order valence-corrected chi connectivity index (χ2v) is 8.52. The molecular formula is C20H23BrN2O3S. The Morgan fingerprint density at radius 3 is 2.78 bits per heavy atom. The van der Waals surface area contributed by atoms with Crippen LogP contribution in [-0.4, -0.2) is 29.0 Å². The average Bonchev–Trinajstić information content (AvgIpc) is 3.11. The van der Waals surface area contributed by atoms with Crippen molar-refractivity contribution in [3.8, 4) is 10.6 Å². The fraction of sp³-hybridized carbons (Fsp3) is 0.450. The minimum atomic E-state index is -0.880. The van der Waals surface area contributed by atoms with Crippen molar-refractivity contribution in [2.75, 3.05) is 6.61 Å². The van der Waals surface area contributed by atoms with E-state index < -0.39 is 5.54 Å². The first-order valence-corrected chi connectivity index (χ1v) is 10.9. The van der Waals surface area contributed by atoms with E-state index in [-0.39, 0.29) is 18.3 Å². The number of carbonyl (C=O) groups excluding carboxylic acids is 2. The molecule has 0 saturated heterocycles. The van der Waals surface area contributed by atoms with Gasteiger partial charge in [0.05, 0.1) is 18.7 Å². The highest BCUT2D eigenvalue weighted by atomic mass is 79.9. The van der Waals surface area contributed by atoms with Crippen LogP contribution >= 0.6 is 27.3 Å². The maximum atomic E-state index is 12.6. The molecule has 27 heavy (non-hydrogen) atoms. The summed E-state index contributed by atoms with van der Waals surface area (Å²) in [7, 11) is 0. The fourth-order valence-electron chi connectivity index (χ4n) is 3.42. The standard InChI is InChI=1S/C20H23BrN2O3S/c1-2-26-19(25)20(9-4-3-5-10-20)23-17(24)12-16-13-27-18(22-16)14-7-6-8-15(21)11-14/h6-8,11,13H,2-5,9-10,12H2,1H3,(H,23,24). The van der Waals surface area contributed by atoms with Gasteiger partial charge in [0.2, 0.25) is 5.91 Å². The zero-order valence-electron chi connectivity index (χ0n) is 15.3. The number of amides is 1. The van der Waals surface area contributed by atoms with E-state index in [0.29, 0.717) is 25.1 Å². The average molecular weight is 451 g/mol. The van der Waals surface area contributed by atoms with E-state index in [2.05, 4.69) is 26.2 Å². The van der Waals surface area contributed by atoms with Crippen LogP contribution in [0.4, 0.5) is 0 Å². The molecule has 5 nitrogen and oxygen atoms in total. The number of carbonyl (C=O) groups is 2. The third-order valence-electron chi connectivity index (χ3n) is 4.72. The van der Waals surface area contributed by atoms with Crippen LogP contribution in [0.25, 0.3) is 10.6 Å². The predicted octanol–water partition coefficient (Wildman–Crippen LogP) is 4.50. The van der Waals surface area contributed by atoms with Gasteiger partial charge in [0, 0.05) is 15.4 Å². The molecule has 1 amide bonds. The summed E-state index contributed by atoms with van der Waals surface area (Å²) in [6, 6.07) is 7.91. The first-order chi connectivity index (χ1) is 13.0. The Hall–Kier alpha value is -1.73. The highest BCUT2D eigenvalue weighted by molar-refractivity contribution is 9.10. The number of aromatic nitrogens is 1. The van der Waals surface area contributed by atoms with Crippen LogP contribution in [0.3, 0.4) is 0 Å². The Morgan fingerprint density at radius 1 is 1.30 bits per heavy atom. The van der Waals surface area contributed by atoms with Crippen molar-refractivity contribution in [1.29, 1.82) is 0 Å². The van der Waals surface area contributed by atoms with E-state index in [4.69, 9.17) is 4.74 Å². The number of hydrogen-bond acceptors (Lipinski definition) is 5. The van der Waals surface area contributed by atoms with E-state index in [1.165, 1.54) is 11.3 Å². The summed E-state index contributed by atoms with van der Waals surface area (Å²) in [5.74, 6) is -0.498. The van der Waals surface area contributed by atoms with Crippen molar-refractivity contribution in [1.82, 2.24) is 10.3 Å². The van der Waals surface area contributed by atoms with Gasteiger partial charge >= 0.3 is 5.97 Å². The molecule has 144 valence electrons. The maximum Gasteiger partial charge on any atom is 0.331 e. The number of thiazole rings is 1. The molecule has 1 fully saturated rings. The van der Waals surface area contributed by atoms with Crippen molar-refractivity contribution in [3.63, 3.8) is 0 Å². The van der Waals surface area contributed by atoms with Crippen LogP contribution in [0.2, 0.25) is 0 Å². The van der Waals surface area contributed by atoms with Gasteiger partial charge in [-0.05, 0) is 31.9 Å². The van der Waals surface area contributed by atoms with Gasteiger partial charge in [-0.2, -0.15) is 0 Å². The molecule has 0 unspecified atom stereocenters. The maximum absolute atomic E-state index is 12.6. The van der Waals surface area contributed by atoms with E-state index in [1.807, 2.05) is 29.6 Å². The third kappa shape index (κ3) is 4.96. The van der Waals surface area contributed by atoms with Crippen molar-refractivity contribution in [2.45, 2.75) is 51.0 Å². The zero-order valence-corrected chi connectivity index (χ0v) is 17.7. The zero-order chi connectivity index (χ0) is 19.3. The summed E-state index contributed by atoms with van der Waals surface area (Å²) >= 11 is 4.97. The molecule has 1 aromatic carbocycles. The summed E-state index contributed by atoms with van der Waals surface area (Å²) in [4.78, 5) is 29.7. The van der Waals surface area contributed by atoms with Crippen LogP contribution in [-0.2, 0) is 20.7 Å². The molecule has 1 N–H and O–H groups in total. The number of halogens is 1. The fourth-order valence-corrected chi connectivity index (χ4v) is 4.64. The van der Waals surface area contributed by atoms with Crippen LogP contribution in [0.5, 0.6) is 0 Å². The van der Waals surface area contributed by atoms with Crippen molar-refractivity contribution >= 4 is 39.1 Å². The van der Waals surface area contributed by atoms with Crippen LogP contribution < -0.4 is 5.32 Å². The summed E-state index contributed by atoms with van der Waals surface area (Å²) < 4.78 is 6.23. The van der Waals surface area contributed by atoms with E-state index in [1.54, 1.807) is 6.92 Å². The molecule has 1 heterocycles. The number of esters is 1. The molecule has 1 aliphatic carbocycles. The molecule has 7 heteroatoms. The number of ether oxygens (including phenoxy) is 1. The number of nitrogens with one attached hydrogen (secondary N) is 1. The van der Waals surface area contributed by atoms with E-state index >= 15 is 0 Å². The van der Waals surface area contributed by atoms with Gasteiger partial charge in [-0.25, -0.2) is 9.78 Å². The van der Waals surface area contributed by atoms with Crippen molar-refractivity contribution in [2.24, 2.45) is 0 Å². The quantitative estimate of drug-likeness (QED) is 0.657. The lowest BCUT2D eigenvalue weighted by Crippen LogP contribution is -2.56. The first-order valence-electron chi connectivity index (χ1n) is 9.21. The van der Waals surface area contributed by atoms with Gasteiger partial charge in [0.15, 0.2) is 0 Å². The van der Waals surface area contributed by atoms with Gasteiger partial charge in [0.25, 0.3) is 0 Å². The topological polar surface area (TPSA) is 68.3 Å². The van der Waals surface area contributed by atoms with Crippen LogP contribution in [0, 0.1) is 0 Å². The van der Waals surface area contributed by atoms with Crippen molar-refractivity contribution < 1.29 is 14.3 Å². The summed E-state index contributed by atoms with van der Waals surface area (Å²) in [6.45, 7) is 2.10. The number of rotatable bonds is 6. The Morgan fingerprint density at radius 2 is 2.07 bits per heavy atom. The number of benzene rings is 1. The highest BCUT2D eigenvalue weighted by Gasteiger charge is 2.42. The van der Waals surface area contributed by atoms with Gasteiger partial charge in [-0.3, -0.25) is 4.79 Å². The third-order valence-corrected chi connectivity index (χ3v) is 6.15. The van der Waals surface area contributed by atoms with Crippen LogP contribution in [0.1, 0.15) is 44.7 Å². The minimum Gasteiger partial charge on any atom is -0.464 e. The van der Waals surface area contributed by atoms with Crippen molar-refractivity contribution in [3.05, 3.63) is 39.8 Å². The summed E-state index contributed by atoms with van der Waals surface area (Å²) in [6.07, 6.45) is 4.35. The summed E-state index contributed by atoms with van der Waals surface area (Å²) in [5.41, 5.74) is 0.840. The lowest BCUT2D eigenvalue weighted by Gasteiger charge is -2.35. The number of nitrogens with zero attached hydrogens (tertiary/aromatic N) is 1. The largest absolute Gasteiger partial charge is 0.464 e. The van der Waals surface area contributed by atoms with Gasteiger partial charge < -0.3 is 10.1 Å². The van der Waals surface area contributed by atoms with Crippen LogP contribution in [0.15, 0.2) is 34.1 Å². The molecule has 0 atom stereocenters. The highest BCUT2D eigenvalue weighted by Crippen LogP contribution is 2.30. The lowest BCUT2D eigenvalue weighted by atomic mass is 9.81. The molecule has 0 spiro atoms. The van der Waals surface area contributed by atoms with Gasteiger partial charge in [-0.15, -0.1) is 11.3 Å². The lowest BCUT2D eigenvalue weighted by molar-refractivity contribution is -0.155. The normalized spacial score (nSPS) is 15.9. The molecule has 1 saturated carbocycles. The summed E-state index contributed by atoms with van der Waals surface area (Å²) in [5, 5.41) is 5.74.